The van der Waals surface area contributed by atoms with Crippen molar-refractivity contribution in [2.75, 3.05) is 19.6 Å². The van der Waals surface area contributed by atoms with Crippen molar-refractivity contribution in [2.45, 2.75) is 32.6 Å². The average Bonchev–Trinajstić information content (AvgIpc) is 2.42. The van der Waals surface area contributed by atoms with Crippen molar-refractivity contribution in [3.8, 4) is 0 Å². The summed E-state index contributed by atoms with van der Waals surface area (Å²) in [6.45, 7) is 4.59. The lowest BCUT2D eigenvalue weighted by Gasteiger charge is -2.33. The third kappa shape index (κ3) is 4.50. The van der Waals surface area contributed by atoms with Gasteiger partial charge in [0.2, 0.25) is 5.91 Å². The molecule has 1 aromatic rings. The molecule has 1 amide bonds. The number of nitrogens with two attached hydrogens (primary N) is 1. The number of aryl methyl sites for hydroxylation is 1. The highest BCUT2D eigenvalue weighted by Gasteiger charge is 2.23. The number of carbonyl (C=O) groups excluding carboxylic acids is 1. The first-order valence-corrected chi connectivity index (χ1v) is 7.23. The molecule has 2 N–H and O–H groups in total. The highest BCUT2D eigenvalue weighted by molar-refractivity contribution is 5.85. The number of benzene rings is 1. The molecule has 1 aliphatic rings. The zero-order chi connectivity index (χ0) is 13.7. The Hall–Kier alpha value is -1.06. The zero-order valence-electron chi connectivity index (χ0n) is 12.2. The molecule has 0 aromatic heterocycles. The van der Waals surface area contributed by atoms with Crippen molar-refractivity contribution >= 4 is 18.3 Å². The van der Waals surface area contributed by atoms with Crippen LogP contribution >= 0.6 is 12.4 Å². The first kappa shape index (κ1) is 17.0. The van der Waals surface area contributed by atoms with E-state index < -0.39 is 0 Å². The first-order valence-electron chi connectivity index (χ1n) is 7.23. The molecule has 0 bridgehead atoms. The van der Waals surface area contributed by atoms with E-state index in [1.54, 1.807) is 0 Å². The van der Waals surface area contributed by atoms with Crippen molar-refractivity contribution < 1.29 is 4.79 Å². The van der Waals surface area contributed by atoms with E-state index in [-0.39, 0.29) is 18.3 Å². The molecule has 1 saturated heterocycles. The maximum Gasteiger partial charge on any atom is 0.227 e. The molecule has 112 valence electrons. The lowest BCUT2D eigenvalue weighted by Crippen LogP contribution is -2.41. The summed E-state index contributed by atoms with van der Waals surface area (Å²) in [7, 11) is 0. The molecule has 0 aliphatic carbocycles. The van der Waals surface area contributed by atoms with Crippen LogP contribution in [0, 0.1) is 12.8 Å². The Morgan fingerprint density at radius 2 is 2.15 bits per heavy atom. The number of halogens is 1. The molecule has 1 aromatic carbocycles. The number of amides is 1. The molecular weight excluding hydrogens is 272 g/mol. The Bertz CT molecular complexity index is 434. The van der Waals surface area contributed by atoms with Gasteiger partial charge in [-0.2, -0.15) is 0 Å². The average molecular weight is 297 g/mol. The third-order valence-corrected chi connectivity index (χ3v) is 4.05. The van der Waals surface area contributed by atoms with Crippen LogP contribution in [-0.2, 0) is 11.2 Å². The van der Waals surface area contributed by atoms with Crippen LogP contribution in [-0.4, -0.2) is 30.4 Å². The summed E-state index contributed by atoms with van der Waals surface area (Å²) in [6.07, 6.45) is 3.89. The van der Waals surface area contributed by atoms with Gasteiger partial charge in [0.15, 0.2) is 0 Å². The van der Waals surface area contributed by atoms with Crippen molar-refractivity contribution in [3.63, 3.8) is 0 Å². The summed E-state index contributed by atoms with van der Waals surface area (Å²) in [5.41, 5.74) is 7.97. The van der Waals surface area contributed by atoms with Gasteiger partial charge in [-0.05, 0) is 49.8 Å². The Labute approximate surface area is 127 Å². The molecule has 1 fully saturated rings. The normalized spacial score (nSPS) is 18.5. The minimum absolute atomic E-state index is 0. The third-order valence-electron chi connectivity index (χ3n) is 4.05. The fraction of sp³-hybridized carbons (Fsp3) is 0.562. The van der Waals surface area contributed by atoms with Crippen molar-refractivity contribution in [3.05, 3.63) is 35.4 Å². The summed E-state index contributed by atoms with van der Waals surface area (Å²) in [5.74, 6) is 0.857. The van der Waals surface area contributed by atoms with Crippen LogP contribution < -0.4 is 5.73 Å². The number of rotatable bonds is 4. The highest BCUT2D eigenvalue weighted by atomic mass is 35.5. The van der Waals surface area contributed by atoms with E-state index in [1.165, 1.54) is 12.0 Å². The fourth-order valence-electron chi connectivity index (χ4n) is 2.85. The summed E-state index contributed by atoms with van der Waals surface area (Å²) < 4.78 is 0. The number of piperidine rings is 1. The smallest absolute Gasteiger partial charge is 0.227 e. The molecule has 20 heavy (non-hydrogen) atoms. The monoisotopic (exact) mass is 296 g/mol. The lowest BCUT2D eigenvalue weighted by atomic mass is 9.94. The van der Waals surface area contributed by atoms with Crippen molar-refractivity contribution in [1.29, 1.82) is 0 Å². The lowest BCUT2D eigenvalue weighted by molar-refractivity contribution is -0.132. The molecule has 1 atom stereocenters. The summed E-state index contributed by atoms with van der Waals surface area (Å²) >= 11 is 0. The van der Waals surface area contributed by atoms with E-state index in [4.69, 9.17) is 5.73 Å². The molecule has 1 heterocycles. The van der Waals surface area contributed by atoms with Gasteiger partial charge in [-0.3, -0.25) is 4.79 Å². The molecule has 3 nitrogen and oxygen atoms in total. The van der Waals surface area contributed by atoms with Gasteiger partial charge in [0.1, 0.15) is 0 Å². The second kappa shape index (κ2) is 8.28. The predicted molar refractivity (Wildman–Crippen MR) is 85.1 cm³/mol. The Kier molecular flexibility index (Phi) is 7.03. The summed E-state index contributed by atoms with van der Waals surface area (Å²) in [4.78, 5) is 14.4. The molecule has 1 aliphatic heterocycles. The standard InChI is InChI=1S/C16H24N2O.ClH/c1-13-5-2-3-7-15(13)11-16(19)18-10-4-6-14(12-18)8-9-17;/h2-3,5,7,14H,4,6,8-12,17H2,1H3;1H. The molecule has 2 rings (SSSR count). The molecule has 0 spiro atoms. The maximum absolute atomic E-state index is 12.4. The van der Waals surface area contributed by atoms with Gasteiger partial charge in [0, 0.05) is 13.1 Å². The van der Waals surface area contributed by atoms with E-state index in [9.17, 15) is 4.79 Å². The first-order chi connectivity index (χ1) is 9.20. The number of nitrogens with zero attached hydrogens (tertiary/aromatic N) is 1. The largest absolute Gasteiger partial charge is 0.342 e. The number of likely N-dealkylation sites (tertiary alicyclic amines) is 1. The Balaban J connectivity index is 0.00000200. The minimum Gasteiger partial charge on any atom is -0.342 e. The van der Waals surface area contributed by atoms with Gasteiger partial charge in [0.25, 0.3) is 0 Å². The van der Waals surface area contributed by atoms with Gasteiger partial charge < -0.3 is 10.6 Å². The molecular formula is C16H25ClN2O. The van der Waals surface area contributed by atoms with Crippen LogP contribution in [0.1, 0.15) is 30.4 Å². The van der Waals surface area contributed by atoms with E-state index in [1.807, 2.05) is 17.0 Å². The second-order valence-electron chi connectivity index (χ2n) is 5.53. The van der Waals surface area contributed by atoms with E-state index in [0.29, 0.717) is 12.3 Å². The zero-order valence-corrected chi connectivity index (χ0v) is 13.0. The van der Waals surface area contributed by atoms with E-state index >= 15 is 0 Å². The summed E-state index contributed by atoms with van der Waals surface area (Å²) in [6, 6.07) is 8.13. The van der Waals surface area contributed by atoms with E-state index in [2.05, 4.69) is 19.1 Å². The van der Waals surface area contributed by atoms with Gasteiger partial charge in [-0.25, -0.2) is 0 Å². The molecule has 0 radical (unpaired) electrons. The highest BCUT2D eigenvalue weighted by Crippen LogP contribution is 2.20. The quantitative estimate of drug-likeness (QED) is 0.928. The van der Waals surface area contributed by atoms with Crippen LogP contribution in [0.3, 0.4) is 0 Å². The van der Waals surface area contributed by atoms with Crippen LogP contribution in [0.5, 0.6) is 0 Å². The topological polar surface area (TPSA) is 46.3 Å². The van der Waals surface area contributed by atoms with Crippen LogP contribution in [0.25, 0.3) is 0 Å². The van der Waals surface area contributed by atoms with Crippen LogP contribution in [0.2, 0.25) is 0 Å². The van der Waals surface area contributed by atoms with Gasteiger partial charge in [-0.1, -0.05) is 24.3 Å². The van der Waals surface area contributed by atoms with Gasteiger partial charge in [0.05, 0.1) is 6.42 Å². The maximum atomic E-state index is 12.4. The Morgan fingerprint density at radius 3 is 2.85 bits per heavy atom. The number of carbonyl (C=O) groups is 1. The number of hydrogen-bond acceptors (Lipinski definition) is 2. The summed E-state index contributed by atoms with van der Waals surface area (Å²) in [5, 5.41) is 0. The van der Waals surface area contributed by atoms with Gasteiger partial charge in [-0.15, -0.1) is 12.4 Å². The van der Waals surface area contributed by atoms with Crippen LogP contribution in [0.4, 0.5) is 0 Å². The van der Waals surface area contributed by atoms with Crippen molar-refractivity contribution in [2.24, 2.45) is 11.7 Å². The van der Waals surface area contributed by atoms with Gasteiger partial charge >= 0.3 is 0 Å². The van der Waals surface area contributed by atoms with Crippen LogP contribution in [0.15, 0.2) is 24.3 Å². The Morgan fingerprint density at radius 1 is 1.40 bits per heavy atom. The second-order valence-corrected chi connectivity index (χ2v) is 5.53. The minimum atomic E-state index is 0. The SMILES string of the molecule is Cc1ccccc1CC(=O)N1CCCC(CCN)C1.Cl. The van der Waals surface area contributed by atoms with Crippen molar-refractivity contribution in [1.82, 2.24) is 4.90 Å². The molecule has 4 heteroatoms. The fourth-order valence-corrected chi connectivity index (χ4v) is 2.85. The number of hydrogen-bond donors (Lipinski definition) is 1. The molecule has 0 saturated carbocycles. The predicted octanol–water partition coefficient (Wildman–Crippen LogP) is 2.55. The van der Waals surface area contributed by atoms with E-state index in [0.717, 1.165) is 38.0 Å². The molecule has 1 unspecified atom stereocenters.